The molecule has 1 amide bonds. The van der Waals surface area contributed by atoms with Gasteiger partial charge in [-0.3, -0.25) is 14.6 Å². The molecule has 0 aromatic rings. The molecule has 7 nitrogen and oxygen atoms in total. The number of esters is 1. The van der Waals surface area contributed by atoms with Gasteiger partial charge in [-0.25, -0.2) is 5.43 Å². The van der Waals surface area contributed by atoms with Gasteiger partial charge in [-0.2, -0.15) is 0 Å². The van der Waals surface area contributed by atoms with Crippen molar-refractivity contribution in [3.05, 3.63) is 0 Å². The monoisotopic (exact) mass is 337 g/mol. The molecular weight excluding hydrogens is 321 g/mol. The van der Waals surface area contributed by atoms with Crippen LogP contribution in [0, 0.1) is 5.92 Å². The highest BCUT2D eigenvalue weighted by Crippen LogP contribution is 2.53. The second kappa shape index (κ2) is 6.37. The topological polar surface area (TPSA) is 80.2 Å². The zero-order chi connectivity index (χ0) is 15.6. The molecule has 0 radical (unpaired) electrons. The molecule has 2 unspecified atom stereocenters. The number of alkyl halides is 2. The number of nitrogens with zero attached hydrogens (tertiary/aromatic N) is 2. The van der Waals surface area contributed by atoms with Crippen LogP contribution in [0.4, 0.5) is 0 Å². The quantitative estimate of drug-likeness (QED) is 0.441. The van der Waals surface area contributed by atoms with Crippen LogP contribution >= 0.6 is 23.2 Å². The van der Waals surface area contributed by atoms with Crippen LogP contribution in [-0.4, -0.2) is 52.7 Å². The first-order valence-corrected chi connectivity index (χ1v) is 7.42. The standard InChI is InChI=1S/C12H17Cl2N3O4/c1-3-20-9(18)5-17-11(19)10(7(2)15-17)16-21-6-8-4-12(8,13)14/h7-8,15H,3-6H2,1-2H3. The predicted molar refractivity (Wildman–Crippen MR) is 76.9 cm³/mol. The number of hydrazine groups is 1. The molecular formula is C12H17Cl2N3O4. The van der Waals surface area contributed by atoms with Crippen molar-refractivity contribution in [2.75, 3.05) is 19.8 Å². The molecule has 2 rings (SSSR count). The summed E-state index contributed by atoms with van der Waals surface area (Å²) >= 11 is 11.7. The average Bonchev–Trinajstić information content (AvgIpc) is 2.91. The molecule has 0 aromatic carbocycles. The highest BCUT2D eigenvalue weighted by atomic mass is 35.5. The smallest absolute Gasteiger partial charge is 0.327 e. The first-order valence-electron chi connectivity index (χ1n) is 6.66. The molecule has 0 bridgehead atoms. The Bertz CT molecular complexity index is 469. The number of ether oxygens (including phenoxy) is 1. The minimum atomic E-state index is -0.736. The number of rotatable bonds is 6. The van der Waals surface area contributed by atoms with E-state index in [9.17, 15) is 9.59 Å². The van der Waals surface area contributed by atoms with Crippen molar-refractivity contribution in [1.29, 1.82) is 0 Å². The van der Waals surface area contributed by atoms with Crippen LogP contribution in [0.3, 0.4) is 0 Å². The van der Waals surface area contributed by atoms with E-state index < -0.39 is 16.2 Å². The van der Waals surface area contributed by atoms with Gasteiger partial charge in [0.25, 0.3) is 5.91 Å². The minimum Gasteiger partial charge on any atom is -0.465 e. The molecule has 0 spiro atoms. The van der Waals surface area contributed by atoms with Gasteiger partial charge in [0.1, 0.15) is 17.5 Å². The summed E-state index contributed by atoms with van der Waals surface area (Å²) in [5.41, 5.74) is 3.04. The van der Waals surface area contributed by atoms with Gasteiger partial charge in [0.15, 0.2) is 5.71 Å². The van der Waals surface area contributed by atoms with Crippen LogP contribution in [0.25, 0.3) is 0 Å². The molecule has 1 heterocycles. The van der Waals surface area contributed by atoms with Gasteiger partial charge in [-0.15, -0.1) is 23.2 Å². The predicted octanol–water partition coefficient (Wildman–Crippen LogP) is 0.851. The van der Waals surface area contributed by atoms with Gasteiger partial charge in [-0.1, -0.05) is 5.16 Å². The fourth-order valence-electron chi connectivity index (χ4n) is 1.90. The third-order valence-corrected chi connectivity index (χ3v) is 4.14. The Labute approximate surface area is 132 Å². The van der Waals surface area contributed by atoms with Gasteiger partial charge in [0, 0.05) is 5.92 Å². The van der Waals surface area contributed by atoms with Crippen molar-refractivity contribution in [2.45, 2.75) is 30.6 Å². The Balaban J connectivity index is 1.85. The number of amides is 1. The fraction of sp³-hybridized carbons (Fsp3) is 0.750. The summed E-state index contributed by atoms with van der Waals surface area (Å²) in [6, 6.07) is -0.345. The van der Waals surface area contributed by atoms with Gasteiger partial charge in [0.05, 0.1) is 12.6 Å². The molecule has 2 aliphatic rings. The van der Waals surface area contributed by atoms with Gasteiger partial charge in [0.2, 0.25) is 0 Å². The molecule has 1 saturated heterocycles. The van der Waals surface area contributed by atoms with E-state index in [1.807, 2.05) is 0 Å². The summed E-state index contributed by atoms with van der Waals surface area (Å²) in [5, 5.41) is 4.99. The maximum absolute atomic E-state index is 12.1. The van der Waals surface area contributed by atoms with E-state index in [2.05, 4.69) is 10.6 Å². The Kier molecular flexibility index (Phi) is 4.95. The van der Waals surface area contributed by atoms with Gasteiger partial charge >= 0.3 is 5.97 Å². The van der Waals surface area contributed by atoms with Crippen LogP contribution in [0.2, 0.25) is 0 Å². The van der Waals surface area contributed by atoms with Gasteiger partial charge in [-0.05, 0) is 20.3 Å². The van der Waals surface area contributed by atoms with Crippen molar-refractivity contribution in [2.24, 2.45) is 11.1 Å². The third-order valence-electron chi connectivity index (χ3n) is 3.21. The lowest BCUT2D eigenvalue weighted by Crippen LogP contribution is -2.40. The Morgan fingerprint density at radius 2 is 2.24 bits per heavy atom. The fourth-order valence-corrected chi connectivity index (χ4v) is 2.39. The first kappa shape index (κ1) is 16.3. The van der Waals surface area contributed by atoms with Crippen LogP contribution in [0.5, 0.6) is 0 Å². The van der Waals surface area contributed by atoms with Crippen molar-refractivity contribution < 1.29 is 19.2 Å². The van der Waals surface area contributed by atoms with Crippen LogP contribution in [0.1, 0.15) is 20.3 Å². The minimum absolute atomic E-state index is 0.0283. The SMILES string of the molecule is CCOC(=O)CN1NC(C)C(=NOCC2CC2(Cl)Cl)C1=O. The lowest BCUT2D eigenvalue weighted by molar-refractivity contribution is -0.148. The molecule has 1 saturated carbocycles. The molecule has 0 aromatic heterocycles. The number of carbonyl (C=O) groups excluding carboxylic acids is 2. The number of hydrogen-bond acceptors (Lipinski definition) is 6. The largest absolute Gasteiger partial charge is 0.465 e. The summed E-state index contributed by atoms with van der Waals surface area (Å²) in [7, 11) is 0. The summed E-state index contributed by atoms with van der Waals surface area (Å²) in [6.07, 6.45) is 0.650. The van der Waals surface area contributed by atoms with Crippen molar-refractivity contribution in [3.63, 3.8) is 0 Å². The normalized spacial score (nSPS) is 28.9. The number of nitrogens with one attached hydrogen (secondary N) is 1. The first-order chi connectivity index (χ1) is 9.85. The van der Waals surface area contributed by atoms with E-state index in [0.717, 1.165) is 5.01 Å². The van der Waals surface area contributed by atoms with Crippen molar-refractivity contribution >= 4 is 40.8 Å². The second-order valence-electron chi connectivity index (χ2n) is 4.98. The maximum atomic E-state index is 12.1. The van der Waals surface area contributed by atoms with Crippen LogP contribution in [0.15, 0.2) is 5.16 Å². The zero-order valence-corrected chi connectivity index (χ0v) is 13.3. The lowest BCUT2D eigenvalue weighted by atomic mass is 10.2. The van der Waals surface area contributed by atoms with E-state index in [4.69, 9.17) is 32.8 Å². The maximum Gasteiger partial charge on any atom is 0.327 e. The summed E-state index contributed by atoms with van der Waals surface area (Å²) < 4.78 is 4.06. The molecule has 2 fully saturated rings. The van der Waals surface area contributed by atoms with Crippen molar-refractivity contribution in [3.8, 4) is 0 Å². The highest BCUT2D eigenvalue weighted by molar-refractivity contribution is 6.50. The van der Waals surface area contributed by atoms with E-state index in [0.29, 0.717) is 6.42 Å². The number of halogens is 2. The molecule has 9 heteroatoms. The molecule has 1 N–H and O–H groups in total. The average molecular weight is 338 g/mol. The molecule has 118 valence electrons. The van der Waals surface area contributed by atoms with Crippen LogP contribution in [-0.2, 0) is 19.2 Å². The Morgan fingerprint density at radius 3 is 2.81 bits per heavy atom. The summed E-state index contributed by atoms with van der Waals surface area (Å²) in [4.78, 5) is 28.6. The lowest BCUT2D eigenvalue weighted by Gasteiger charge is -2.14. The third kappa shape index (κ3) is 3.99. The van der Waals surface area contributed by atoms with E-state index in [1.54, 1.807) is 13.8 Å². The number of hydrogen-bond donors (Lipinski definition) is 1. The molecule has 2 atom stereocenters. The van der Waals surface area contributed by atoms with Gasteiger partial charge < -0.3 is 9.57 Å². The van der Waals surface area contributed by atoms with E-state index in [1.165, 1.54) is 0 Å². The van der Waals surface area contributed by atoms with E-state index >= 15 is 0 Å². The number of oxime groups is 1. The van der Waals surface area contributed by atoms with Crippen LogP contribution < -0.4 is 5.43 Å². The summed E-state index contributed by atoms with van der Waals surface area (Å²) in [5.74, 6) is -0.866. The highest BCUT2D eigenvalue weighted by Gasteiger charge is 2.52. The Hall–Kier alpha value is -1.05. The molecule has 21 heavy (non-hydrogen) atoms. The Morgan fingerprint density at radius 1 is 1.57 bits per heavy atom. The van der Waals surface area contributed by atoms with E-state index in [-0.39, 0.29) is 37.4 Å². The molecule has 1 aliphatic heterocycles. The summed E-state index contributed by atoms with van der Waals surface area (Å²) in [6.45, 7) is 3.79. The molecule has 1 aliphatic carbocycles. The van der Waals surface area contributed by atoms with Crippen molar-refractivity contribution in [1.82, 2.24) is 10.4 Å². The second-order valence-corrected chi connectivity index (χ2v) is 6.52. The number of carbonyl (C=O) groups is 2. The zero-order valence-electron chi connectivity index (χ0n) is 11.8.